The zero-order chi connectivity index (χ0) is 21.8. The molecule has 0 fully saturated rings. The molecule has 0 unspecified atom stereocenters. The van der Waals surface area contributed by atoms with Crippen LogP contribution in [0.25, 0.3) is 21.2 Å². The summed E-state index contributed by atoms with van der Waals surface area (Å²) in [6, 6.07) is 12.6. The van der Waals surface area contributed by atoms with E-state index in [-0.39, 0.29) is 31.2 Å². The number of carboxylic acids is 1. The van der Waals surface area contributed by atoms with Crippen molar-refractivity contribution in [1.82, 2.24) is 10.6 Å². The average molecular weight is 411 g/mol. The molecule has 0 spiro atoms. The normalized spacial score (nSPS) is 11.3. The molecule has 2 aromatic carbocycles. The second kappa shape index (κ2) is 12.1. The average Bonchev–Trinajstić information content (AvgIpc) is 2.73. The van der Waals surface area contributed by atoms with E-state index in [0.717, 1.165) is 23.6 Å². The third-order valence-corrected chi connectivity index (χ3v) is 4.55. The highest BCUT2D eigenvalue weighted by Crippen LogP contribution is 2.18. The first-order valence-electron chi connectivity index (χ1n) is 9.79. The van der Waals surface area contributed by atoms with Gasteiger partial charge in [-0.05, 0) is 35.2 Å². The van der Waals surface area contributed by atoms with Crippen molar-refractivity contribution in [2.24, 2.45) is 5.11 Å². The minimum Gasteiger partial charge on any atom is -0.481 e. The van der Waals surface area contributed by atoms with E-state index in [4.69, 9.17) is 10.6 Å². The molecule has 2 aromatic rings. The van der Waals surface area contributed by atoms with Crippen molar-refractivity contribution < 1.29 is 19.5 Å². The van der Waals surface area contributed by atoms with Gasteiger partial charge in [0.2, 0.25) is 5.91 Å². The number of hydrogen-bond donors (Lipinski definition) is 3. The molecule has 30 heavy (non-hydrogen) atoms. The van der Waals surface area contributed by atoms with Gasteiger partial charge < -0.3 is 15.7 Å². The zero-order valence-electron chi connectivity index (χ0n) is 16.6. The topological polar surface area (TPSA) is 144 Å². The van der Waals surface area contributed by atoms with Crippen LogP contribution in [0.3, 0.4) is 0 Å². The Morgan fingerprint density at radius 1 is 1.07 bits per heavy atom. The Balaban J connectivity index is 1.68. The van der Waals surface area contributed by atoms with Gasteiger partial charge in [0.25, 0.3) is 5.91 Å². The number of carbonyl (C=O) groups excluding carboxylic acids is 2. The predicted molar refractivity (Wildman–Crippen MR) is 113 cm³/mol. The first-order valence-corrected chi connectivity index (χ1v) is 9.79. The van der Waals surface area contributed by atoms with Gasteiger partial charge in [-0.1, -0.05) is 47.9 Å². The van der Waals surface area contributed by atoms with E-state index in [0.29, 0.717) is 18.5 Å². The number of rotatable bonds is 12. The number of fused-ring (bicyclic) bond motifs is 1. The molecular formula is C21H25N5O4. The summed E-state index contributed by atoms with van der Waals surface area (Å²) in [5.41, 5.74) is 8.98. The van der Waals surface area contributed by atoms with Crippen LogP contribution in [0, 0.1) is 0 Å². The van der Waals surface area contributed by atoms with Crippen molar-refractivity contribution in [3.63, 3.8) is 0 Å². The van der Waals surface area contributed by atoms with Crippen LogP contribution in [0.5, 0.6) is 0 Å². The molecule has 0 saturated heterocycles. The summed E-state index contributed by atoms with van der Waals surface area (Å²) in [5, 5.41) is 19.6. The lowest BCUT2D eigenvalue weighted by Crippen LogP contribution is -2.38. The molecule has 9 nitrogen and oxygen atoms in total. The SMILES string of the molecule is [N-]=[N+]=NC[C@H](CC(=O)O)NC(=O)CCCCCNC(=O)c1cccc2ccccc12. The van der Waals surface area contributed by atoms with Crippen molar-refractivity contribution in [1.29, 1.82) is 0 Å². The number of carboxylic acid groups (broad SMARTS) is 1. The van der Waals surface area contributed by atoms with E-state index >= 15 is 0 Å². The summed E-state index contributed by atoms with van der Waals surface area (Å²) in [5.74, 6) is -1.48. The maximum atomic E-state index is 12.4. The third kappa shape index (κ3) is 7.44. The smallest absolute Gasteiger partial charge is 0.305 e. The Hall–Kier alpha value is -3.58. The van der Waals surface area contributed by atoms with Crippen molar-refractivity contribution >= 4 is 28.6 Å². The van der Waals surface area contributed by atoms with Crippen LogP contribution < -0.4 is 10.6 Å². The molecule has 0 aromatic heterocycles. The van der Waals surface area contributed by atoms with Gasteiger partial charge in [-0.25, -0.2) is 0 Å². The number of amides is 2. The Kier molecular flexibility index (Phi) is 9.15. The maximum absolute atomic E-state index is 12.4. The monoisotopic (exact) mass is 411 g/mol. The summed E-state index contributed by atoms with van der Waals surface area (Å²) >= 11 is 0. The van der Waals surface area contributed by atoms with Gasteiger partial charge in [0.15, 0.2) is 0 Å². The molecule has 2 rings (SSSR count). The highest BCUT2D eigenvalue weighted by molar-refractivity contribution is 6.06. The molecule has 0 saturated carbocycles. The fourth-order valence-corrected chi connectivity index (χ4v) is 3.11. The highest BCUT2D eigenvalue weighted by atomic mass is 16.4. The van der Waals surface area contributed by atoms with E-state index in [9.17, 15) is 14.4 Å². The molecule has 0 bridgehead atoms. The molecule has 1 atom stereocenters. The number of nitrogens with zero attached hydrogens (tertiary/aromatic N) is 3. The van der Waals surface area contributed by atoms with Crippen LogP contribution in [0.4, 0.5) is 0 Å². The first kappa shape index (κ1) is 22.7. The minimum absolute atomic E-state index is 0.102. The molecule has 3 N–H and O–H groups in total. The molecule has 2 amide bonds. The standard InChI is InChI=1S/C21H25N5O4/c22-26-24-14-16(13-20(28)29)25-19(27)11-2-1-5-12-23-21(30)18-10-6-8-15-7-3-4-9-17(15)18/h3-4,6-10,16H,1-2,5,11-14H2,(H,23,30)(H,25,27)(H,28,29)/t16-/m0/s1. The van der Waals surface area contributed by atoms with Crippen LogP contribution in [0.2, 0.25) is 0 Å². The van der Waals surface area contributed by atoms with Crippen LogP contribution in [-0.4, -0.2) is 42.0 Å². The highest BCUT2D eigenvalue weighted by Gasteiger charge is 2.15. The molecular weight excluding hydrogens is 386 g/mol. The fourth-order valence-electron chi connectivity index (χ4n) is 3.11. The van der Waals surface area contributed by atoms with Crippen molar-refractivity contribution in [3.8, 4) is 0 Å². The van der Waals surface area contributed by atoms with Crippen molar-refractivity contribution in [2.45, 2.75) is 38.1 Å². The summed E-state index contributed by atoms with van der Waals surface area (Å²) in [6.45, 7) is 0.400. The Labute approximate surface area is 174 Å². The zero-order valence-corrected chi connectivity index (χ0v) is 16.6. The predicted octanol–water partition coefficient (Wildman–Crippen LogP) is 3.40. The van der Waals surface area contributed by atoms with Crippen LogP contribution in [-0.2, 0) is 9.59 Å². The minimum atomic E-state index is -1.07. The number of unbranched alkanes of at least 4 members (excludes halogenated alkanes) is 2. The molecule has 0 aliphatic carbocycles. The van der Waals surface area contributed by atoms with Gasteiger partial charge in [0, 0.05) is 36.0 Å². The Morgan fingerprint density at radius 3 is 2.60 bits per heavy atom. The fraction of sp³-hybridized carbons (Fsp3) is 0.381. The number of azide groups is 1. The molecule has 9 heteroatoms. The van der Waals surface area contributed by atoms with Gasteiger partial charge >= 0.3 is 5.97 Å². The number of benzene rings is 2. The second-order valence-corrected chi connectivity index (χ2v) is 6.87. The molecule has 0 aliphatic heterocycles. The van der Waals surface area contributed by atoms with E-state index in [1.54, 1.807) is 6.07 Å². The summed E-state index contributed by atoms with van der Waals surface area (Å²) in [6.07, 6.45) is 2.01. The molecule has 0 heterocycles. The number of nitrogens with one attached hydrogen (secondary N) is 2. The molecule has 158 valence electrons. The largest absolute Gasteiger partial charge is 0.481 e. The van der Waals surface area contributed by atoms with E-state index in [1.807, 2.05) is 36.4 Å². The Bertz CT molecular complexity index is 931. The van der Waals surface area contributed by atoms with E-state index < -0.39 is 12.0 Å². The molecule has 0 radical (unpaired) electrons. The van der Waals surface area contributed by atoms with Gasteiger partial charge in [0.1, 0.15) is 0 Å². The van der Waals surface area contributed by atoms with Crippen LogP contribution in [0.1, 0.15) is 42.5 Å². The summed E-state index contributed by atoms with van der Waals surface area (Å²) < 4.78 is 0. The van der Waals surface area contributed by atoms with E-state index in [1.165, 1.54) is 0 Å². The van der Waals surface area contributed by atoms with Crippen molar-refractivity contribution in [2.75, 3.05) is 13.1 Å². The second-order valence-electron chi connectivity index (χ2n) is 6.87. The van der Waals surface area contributed by atoms with Crippen molar-refractivity contribution in [3.05, 3.63) is 58.5 Å². The van der Waals surface area contributed by atoms with Crippen LogP contribution in [0.15, 0.2) is 47.6 Å². The lowest BCUT2D eigenvalue weighted by atomic mass is 10.0. The lowest BCUT2D eigenvalue weighted by Gasteiger charge is -2.14. The van der Waals surface area contributed by atoms with E-state index in [2.05, 4.69) is 20.7 Å². The third-order valence-electron chi connectivity index (χ3n) is 4.55. The summed E-state index contributed by atoms with van der Waals surface area (Å²) in [7, 11) is 0. The quantitative estimate of drug-likeness (QED) is 0.213. The number of carbonyl (C=O) groups is 3. The first-order chi connectivity index (χ1) is 14.5. The molecule has 0 aliphatic rings. The maximum Gasteiger partial charge on any atom is 0.305 e. The lowest BCUT2D eigenvalue weighted by molar-refractivity contribution is -0.137. The number of hydrogen-bond acceptors (Lipinski definition) is 4. The number of aliphatic carboxylic acids is 1. The van der Waals surface area contributed by atoms with Crippen LogP contribution >= 0.6 is 0 Å². The van der Waals surface area contributed by atoms with Gasteiger partial charge in [0.05, 0.1) is 6.42 Å². The van der Waals surface area contributed by atoms with Gasteiger partial charge in [-0.2, -0.15) is 0 Å². The Morgan fingerprint density at radius 2 is 1.83 bits per heavy atom. The van der Waals surface area contributed by atoms with Gasteiger partial charge in [-0.3, -0.25) is 14.4 Å². The van der Waals surface area contributed by atoms with Gasteiger partial charge in [-0.15, -0.1) is 0 Å². The summed E-state index contributed by atoms with van der Waals surface area (Å²) in [4.78, 5) is 37.8.